The number of nitrogens with zero attached hydrogens (tertiary/aromatic N) is 2. The van der Waals surface area contributed by atoms with Gasteiger partial charge in [0, 0.05) is 12.1 Å². The zero-order chi connectivity index (χ0) is 22.6. The fraction of sp³-hybridized carbons (Fsp3) is 0.500. The van der Waals surface area contributed by atoms with Gasteiger partial charge in [0.05, 0.1) is 18.6 Å². The first-order valence-corrected chi connectivity index (χ1v) is 10.8. The molecule has 1 fully saturated rings. The standard InChI is InChI=1S/C22H30N2O5S/c1-8-29-18-10-16(15(6)9-17(18)28-7)11-19-21(26)23(22(27)30-19)12-20(25)24(13(2)3)14(4)5/h9-11,13-14H,8,12H2,1-7H3/b19-11-. The van der Waals surface area contributed by atoms with Gasteiger partial charge in [0.2, 0.25) is 5.91 Å². The number of benzene rings is 1. The Balaban J connectivity index is 2.29. The maximum Gasteiger partial charge on any atom is 0.294 e. The molecule has 1 aromatic rings. The summed E-state index contributed by atoms with van der Waals surface area (Å²) in [6.45, 7) is 11.6. The van der Waals surface area contributed by atoms with Crippen molar-refractivity contribution in [3.63, 3.8) is 0 Å². The van der Waals surface area contributed by atoms with Gasteiger partial charge in [0.1, 0.15) is 6.54 Å². The van der Waals surface area contributed by atoms with Crippen LogP contribution in [0.2, 0.25) is 0 Å². The van der Waals surface area contributed by atoms with Crippen LogP contribution in [0.15, 0.2) is 17.0 Å². The van der Waals surface area contributed by atoms with Crippen LogP contribution in [-0.2, 0) is 9.59 Å². The number of carbonyl (C=O) groups is 3. The van der Waals surface area contributed by atoms with E-state index in [0.717, 1.165) is 27.8 Å². The number of hydrogen-bond donors (Lipinski definition) is 0. The molecule has 1 aliphatic rings. The fourth-order valence-corrected chi connectivity index (χ4v) is 4.26. The summed E-state index contributed by atoms with van der Waals surface area (Å²) < 4.78 is 10.9. The van der Waals surface area contributed by atoms with E-state index in [0.29, 0.717) is 18.1 Å². The van der Waals surface area contributed by atoms with Crippen LogP contribution in [0, 0.1) is 6.92 Å². The average Bonchev–Trinajstić information content (AvgIpc) is 2.91. The molecule has 30 heavy (non-hydrogen) atoms. The van der Waals surface area contributed by atoms with E-state index >= 15 is 0 Å². The molecule has 2 rings (SSSR count). The molecular formula is C22H30N2O5S. The summed E-state index contributed by atoms with van der Waals surface area (Å²) in [5.74, 6) is 0.463. The number of carbonyl (C=O) groups excluding carboxylic acids is 3. The first-order valence-electron chi connectivity index (χ1n) is 9.98. The maximum absolute atomic E-state index is 12.9. The molecule has 0 radical (unpaired) electrons. The molecule has 0 aliphatic carbocycles. The molecule has 8 heteroatoms. The minimum absolute atomic E-state index is 0.0214. The monoisotopic (exact) mass is 434 g/mol. The highest BCUT2D eigenvalue weighted by molar-refractivity contribution is 8.18. The SMILES string of the molecule is CCOc1cc(/C=C2\SC(=O)N(CC(=O)N(C(C)C)C(C)C)C2=O)c(C)cc1OC. The smallest absolute Gasteiger partial charge is 0.294 e. The number of amides is 3. The largest absolute Gasteiger partial charge is 0.493 e. The van der Waals surface area contributed by atoms with Crippen LogP contribution in [-0.4, -0.2) is 59.2 Å². The number of imide groups is 1. The highest BCUT2D eigenvalue weighted by atomic mass is 32.2. The highest BCUT2D eigenvalue weighted by Crippen LogP contribution is 2.36. The van der Waals surface area contributed by atoms with Crippen LogP contribution in [0.4, 0.5) is 4.79 Å². The fourth-order valence-electron chi connectivity index (χ4n) is 3.43. The van der Waals surface area contributed by atoms with Crippen molar-refractivity contribution in [1.82, 2.24) is 9.80 Å². The summed E-state index contributed by atoms with van der Waals surface area (Å²) in [6.07, 6.45) is 1.66. The van der Waals surface area contributed by atoms with Gasteiger partial charge < -0.3 is 14.4 Å². The third-order valence-corrected chi connectivity index (χ3v) is 5.61. The van der Waals surface area contributed by atoms with Gasteiger partial charge in [-0.2, -0.15) is 0 Å². The molecule has 0 saturated carbocycles. The Morgan fingerprint density at radius 1 is 1.17 bits per heavy atom. The number of rotatable bonds is 8. The summed E-state index contributed by atoms with van der Waals surface area (Å²) in [7, 11) is 1.57. The molecule has 0 bridgehead atoms. The van der Waals surface area contributed by atoms with Crippen LogP contribution in [0.5, 0.6) is 11.5 Å². The number of thioether (sulfide) groups is 1. The molecule has 0 aromatic heterocycles. The Hall–Kier alpha value is -2.48. The lowest BCUT2D eigenvalue weighted by Gasteiger charge is -2.31. The molecule has 164 valence electrons. The third kappa shape index (κ3) is 5.16. The van der Waals surface area contributed by atoms with Gasteiger partial charge in [-0.25, -0.2) is 0 Å². The van der Waals surface area contributed by atoms with Gasteiger partial charge in [-0.3, -0.25) is 19.3 Å². The average molecular weight is 435 g/mol. The minimum Gasteiger partial charge on any atom is -0.493 e. The van der Waals surface area contributed by atoms with E-state index in [9.17, 15) is 14.4 Å². The van der Waals surface area contributed by atoms with Crippen molar-refractivity contribution in [2.24, 2.45) is 0 Å². The normalized spacial score (nSPS) is 15.5. The van der Waals surface area contributed by atoms with E-state index in [1.54, 1.807) is 24.2 Å². The third-order valence-electron chi connectivity index (χ3n) is 4.71. The summed E-state index contributed by atoms with van der Waals surface area (Å²) >= 11 is 0.841. The van der Waals surface area contributed by atoms with Gasteiger partial charge in [-0.05, 0) is 82.6 Å². The Kier molecular flexibility index (Phi) is 7.95. The van der Waals surface area contributed by atoms with Crippen molar-refractivity contribution in [2.45, 2.75) is 53.6 Å². The Morgan fingerprint density at radius 2 is 1.80 bits per heavy atom. The van der Waals surface area contributed by atoms with Crippen molar-refractivity contribution >= 4 is 34.9 Å². The Morgan fingerprint density at radius 3 is 2.33 bits per heavy atom. The number of ether oxygens (including phenoxy) is 2. The highest BCUT2D eigenvalue weighted by Gasteiger charge is 2.37. The lowest BCUT2D eigenvalue weighted by Crippen LogP contribution is -2.48. The van der Waals surface area contributed by atoms with Crippen molar-refractivity contribution in [1.29, 1.82) is 0 Å². The summed E-state index contributed by atoms with van der Waals surface area (Å²) in [4.78, 5) is 41.0. The van der Waals surface area contributed by atoms with Gasteiger partial charge in [0.15, 0.2) is 11.5 Å². The van der Waals surface area contributed by atoms with Crippen LogP contribution < -0.4 is 9.47 Å². The van der Waals surface area contributed by atoms with E-state index in [1.807, 2.05) is 47.6 Å². The van der Waals surface area contributed by atoms with E-state index in [4.69, 9.17) is 9.47 Å². The quantitative estimate of drug-likeness (QED) is 0.574. The molecular weight excluding hydrogens is 404 g/mol. The zero-order valence-corrected chi connectivity index (χ0v) is 19.5. The summed E-state index contributed by atoms with van der Waals surface area (Å²) in [5.41, 5.74) is 1.63. The van der Waals surface area contributed by atoms with Crippen molar-refractivity contribution in [2.75, 3.05) is 20.3 Å². The molecule has 0 unspecified atom stereocenters. The van der Waals surface area contributed by atoms with Crippen molar-refractivity contribution in [3.8, 4) is 11.5 Å². The molecule has 1 saturated heterocycles. The lowest BCUT2D eigenvalue weighted by molar-refractivity contribution is -0.138. The van der Waals surface area contributed by atoms with E-state index in [-0.39, 0.29) is 29.4 Å². The predicted octanol–water partition coefficient (Wildman–Crippen LogP) is 4.08. The molecule has 0 spiro atoms. The van der Waals surface area contributed by atoms with Gasteiger partial charge in [0.25, 0.3) is 11.1 Å². The van der Waals surface area contributed by atoms with Crippen LogP contribution >= 0.6 is 11.8 Å². The molecule has 0 atom stereocenters. The maximum atomic E-state index is 12.9. The van der Waals surface area contributed by atoms with Crippen LogP contribution in [0.3, 0.4) is 0 Å². The number of aryl methyl sites for hydroxylation is 1. The topological polar surface area (TPSA) is 76.2 Å². The lowest BCUT2D eigenvalue weighted by atomic mass is 10.1. The molecule has 7 nitrogen and oxygen atoms in total. The second kappa shape index (κ2) is 10.0. The van der Waals surface area contributed by atoms with Gasteiger partial charge in [-0.15, -0.1) is 0 Å². The van der Waals surface area contributed by atoms with Crippen molar-refractivity contribution < 1.29 is 23.9 Å². The minimum atomic E-state index is -0.459. The molecule has 1 aliphatic heterocycles. The van der Waals surface area contributed by atoms with Crippen LogP contribution in [0.1, 0.15) is 45.7 Å². The van der Waals surface area contributed by atoms with E-state index < -0.39 is 11.1 Å². The predicted molar refractivity (Wildman–Crippen MR) is 119 cm³/mol. The van der Waals surface area contributed by atoms with E-state index in [2.05, 4.69) is 0 Å². The molecule has 0 N–H and O–H groups in total. The first kappa shape index (κ1) is 23.8. The molecule has 1 heterocycles. The zero-order valence-electron chi connectivity index (χ0n) is 18.6. The molecule has 1 aromatic carbocycles. The van der Waals surface area contributed by atoms with E-state index in [1.165, 1.54) is 0 Å². The van der Waals surface area contributed by atoms with Crippen molar-refractivity contribution in [3.05, 3.63) is 28.2 Å². The second-order valence-corrected chi connectivity index (χ2v) is 8.54. The Bertz CT molecular complexity index is 855. The summed E-state index contributed by atoms with van der Waals surface area (Å²) in [5, 5.41) is -0.441. The first-order chi connectivity index (χ1) is 14.1. The second-order valence-electron chi connectivity index (χ2n) is 7.55. The molecule has 3 amide bonds. The van der Waals surface area contributed by atoms with Gasteiger partial charge in [-0.1, -0.05) is 0 Å². The number of hydrogen-bond acceptors (Lipinski definition) is 6. The van der Waals surface area contributed by atoms with Crippen LogP contribution in [0.25, 0.3) is 6.08 Å². The van der Waals surface area contributed by atoms with Gasteiger partial charge >= 0.3 is 0 Å². The number of methoxy groups -OCH3 is 1. The summed E-state index contributed by atoms with van der Waals surface area (Å²) in [6, 6.07) is 3.57. The Labute approximate surface area is 182 Å².